The number of fused-ring (bicyclic) bond motifs is 3. The Bertz CT molecular complexity index is 1210. The lowest BCUT2D eigenvalue weighted by Crippen LogP contribution is -2.58. The van der Waals surface area contributed by atoms with E-state index in [0.717, 1.165) is 58.5 Å². The highest BCUT2D eigenvalue weighted by molar-refractivity contribution is 7.21. The van der Waals surface area contributed by atoms with E-state index in [-0.39, 0.29) is 11.7 Å². The Hall–Kier alpha value is -2.93. The lowest BCUT2D eigenvalue weighted by molar-refractivity contribution is 0.0881. The number of carbonyl (C=O) groups is 2. The number of rotatable bonds is 3. The molecule has 31 heavy (non-hydrogen) atoms. The van der Waals surface area contributed by atoms with Gasteiger partial charge in [-0.1, -0.05) is 18.6 Å². The summed E-state index contributed by atoms with van der Waals surface area (Å²) in [7, 11) is 1.63. The van der Waals surface area contributed by atoms with Crippen LogP contribution in [0.2, 0.25) is 0 Å². The normalized spacial score (nSPS) is 17.2. The summed E-state index contributed by atoms with van der Waals surface area (Å²) in [6.45, 7) is 3.43. The Kier molecular flexibility index (Phi) is 4.73. The molecule has 1 saturated carbocycles. The average Bonchev–Trinajstić information content (AvgIpc) is 3.11. The number of aryl methyl sites for hydroxylation is 1. The van der Waals surface area contributed by atoms with E-state index < -0.39 is 5.66 Å². The van der Waals surface area contributed by atoms with Crippen molar-refractivity contribution in [2.45, 2.75) is 51.6 Å². The first-order valence-corrected chi connectivity index (χ1v) is 11.5. The summed E-state index contributed by atoms with van der Waals surface area (Å²) >= 11 is 1.38. The molecule has 0 bridgehead atoms. The predicted molar refractivity (Wildman–Crippen MR) is 123 cm³/mol. The number of amides is 1. The van der Waals surface area contributed by atoms with Crippen molar-refractivity contribution >= 4 is 38.9 Å². The van der Waals surface area contributed by atoms with Crippen LogP contribution in [-0.4, -0.2) is 29.4 Å². The van der Waals surface area contributed by atoms with Crippen molar-refractivity contribution in [2.24, 2.45) is 0 Å². The molecule has 2 N–H and O–H groups in total. The number of nitrogens with zero attached hydrogens (tertiary/aromatic N) is 1. The largest absolute Gasteiger partial charge is 0.497 e. The topological polar surface area (TPSA) is 80.3 Å². The van der Waals surface area contributed by atoms with Crippen LogP contribution in [0, 0.1) is 6.92 Å². The monoisotopic (exact) mass is 435 g/mol. The summed E-state index contributed by atoms with van der Waals surface area (Å²) in [5, 5.41) is 7.77. The number of Topliss-reactive ketones (excluding diaryl/α,β-unsaturated/α-hetero) is 1. The second-order valence-corrected chi connectivity index (χ2v) is 9.44. The fourth-order valence-corrected chi connectivity index (χ4v) is 6.03. The summed E-state index contributed by atoms with van der Waals surface area (Å²) in [5.41, 5.74) is 3.41. The number of benzene rings is 1. The minimum atomic E-state index is -0.422. The number of hydrogen-bond acceptors (Lipinski definition) is 6. The number of pyridine rings is 1. The van der Waals surface area contributed by atoms with Gasteiger partial charge in [0.2, 0.25) is 0 Å². The number of anilines is 1. The van der Waals surface area contributed by atoms with E-state index in [9.17, 15) is 9.59 Å². The van der Waals surface area contributed by atoms with Gasteiger partial charge >= 0.3 is 0 Å². The zero-order valence-corrected chi connectivity index (χ0v) is 18.7. The first-order chi connectivity index (χ1) is 14.9. The van der Waals surface area contributed by atoms with Crippen LogP contribution in [0.3, 0.4) is 0 Å². The molecule has 1 aromatic carbocycles. The first-order valence-electron chi connectivity index (χ1n) is 10.7. The molecule has 2 aromatic heterocycles. The Balaban J connectivity index is 1.80. The fraction of sp³-hybridized carbons (Fsp3) is 0.375. The molecule has 160 valence electrons. The molecule has 1 aliphatic carbocycles. The van der Waals surface area contributed by atoms with E-state index in [1.54, 1.807) is 14.0 Å². The number of ketones is 1. The third-order valence-electron chi connectivity index (χ3n) is 6.38. The SMILES string of the molecule is COc1ccc(-c2c(C(C)=O)c(C)nc3sc4c(c23)NC2(CCCCC2)NC4=O)cc1. The van der Waals surface area contributed by atoms with Crippen LogP contribution >= 0.6 is 11.3 Å². The van der Waals surface area contributed by atoms with Gasteiger partial charge < -0.3 is 15.4 Å². The zero-order valence-electron chi connectivity index (χ0n) is 17.9. The van der Waals surface area contributed by atoms with Gasteiger partial charge in [-0.25, -0.2) is 4.98 Å². The average molecular weight is 436 g/mol. The molecule has 2 aliphatic rings. The van der Waals surface area contributed by atoms with Crippen molar-refractivity contribution in [3.63, 3.8) is 0 Å². The van der Waals surface area contributed by atoms with Crippen LogP contribution in [0.5, 0.6) is 5.75 Å². The highest BCUT2D eigenvalue weighted by atomic mass is 32.1. The van der Waals surface area contributed by atoms with Crippen molar-refractivity contribution in [3.8, 4) is 16.9 Å². The standard InChI is InChI=1S/C24H25N3O3S/c1-13-17(14(2)28)18(15-7-9-16(30-3)10-8-15)19-20-21(31-23(19)25-13)22(29)27-24(26-20)11-5-4-6-12-24/h7-10,26H,4-6,11-12H2,1-3H3,(H,27,29). The highest BCUT2D eigenvalue weighted by Gasteiger charge is 2.41. The maximum absolute atomic E-state index is 13.1. The second-order valence-electron chi connectivity index (χ2n) is 8.44. The molecule has 6 nitrogen and oxygen atoms in total. The van der Waals surface area contributed by atoms with Crippen LogP contribution in [0.25, 0.3) is 21.3 Å². The smallest absolute Gasteiger partial charge is 0.265 e. The fourth-order valence-electron chi connectivity index (χ4n) is 4.95. The molecule has 5 rings (SSSR count). The molecule has 1 fully saturated rings. The van der Waals surface area contributed by atoms with Gasteiger partial charge in [-0.3, -0.25) is 9.59 Å². The molecular weight excluding hydrogens is 410 g/mol. The summed E-state index contributed by atoms with van der Waals surface area (Å²) < 4.78 is 5.32. The van der Waals surface area contributed by atoms with E-state index in [1.165, 1.54) is 17.8 Å². The van der Waals surface area contributed by atoms with Crippen LogP contribution < -0.4 is 15.4 Å². The van der Waals surface area contributed by atoms with Crippen molar-refractivity contribution in [1.82, 2.24) is 10.3 Å². The van der Waals surface area contributed by atoms with Gasteiger partial charge in [-0.15, -0.1) is 11.3 Å². The van der Waals surface area contributed by atoms with E-state index in [4.69, 9.17) is 9.72 Å². The Labute approximate surface area is 185 Å². The third-order valence-corrected chi connectivity index (χ3v) is 7.46. The van der Waals surface area contributed by atoms with Crippen LogP contribution in [0.1, 0.15) is 64.8 Å². The predicted octanol–water partition coefficient (Wildman–Crippen LogP) is 5.30. The second kappa shape index (κ2) is 7.34. The first kappa shape index (κ1) is 20.0. The van der Waals surface area contributed by atoms with Gasteiger partial charge in [-0.05, 0) is 57.2 Å². The van der Waals surface area contributed by atoms with Gasteiger partial charge in [0.05, 0.1) is 18.5 Å². The van der Waals surface area contributed by atoms with Gasteiger partial charge in [0.25, 0.3) is 5.91 Å². The zero-order chi connectivity index (χ0) is 21.8. The maximum Gasteiger partial charge on any atom is 0.265 e. The number of thiophene rings is 1. The molecule has 3 heterocycles. The van der Waals surface area contributed by atoms with Gasteiger partial charge in [0, 0.05) is 16.5 Å². The minimum absolute atomic E-state index is 0.0368. The van der Waals surface area contributed by atoms with Crippen molar-refractivity contribution < 1.29 is 14.3 Å². The number of hydrogen-bond donors (Lipinski definition) is 2. The van der Waals surface area contributed by atoms with E-state index in [1.807, 2.05) is 31.2 Å². The van der Waals surface area contributed by atoms with E-state index in [2.05, 4.69) is 10.6 Å². The Morgan fingerprint density at radius 1 is 1.13 bits per heavy atom. The van der Waals surface area contributed by atoms with Crippen molar-refractivity contribution in [2.75, 3.05) is 12.4 Å². The van der Waals surface area contributed by atoms with Gasteiger partial charge in [0.15, 0.2) is 5.78 Å². The maximum atomic E-state index is 13.1. The number of methoxy groups -OCH3 is 1. The summed E-state index contributed by atoms with van der Waals surface area (Å²) in [4.78, 5) is 32.0. The molecule has 0 atom stereocenters. The van der Waals surface area contributed by atoms with Gasteiger partial charge in [-0.2, -0.15) is 0 Å². The number of aromatic nitrogens is 1. The lowest BCUT2D eigenvalue weighted by atomic mass is 9.86. The Morgan fingerprint density at radius 2 is 1.84 bits per heavy atom. The third kappa shape index (κ3) is 3.19. The number of nitrogens with one attached hydrogen (secondary N) is 2. The summed E-state index contributed by atoms with van der Waals surface area (Å²) in [5.74, 6) is 0.660. The summed E-state index contributed by atoms with van der Waals surface area (Å²) in [6.07, 6.45) is 5.12. The van der Waals surface area contributed by atoms with Crippen molar-refractivity contribution in [1.29, 1.82) is 0 Å². The molecule has 1 amide bonds. The Morgan fingerprint density at radius 3 is 2.48 bits per heavy atom. The van der Waals surface area contributed by atoms with Crippen LogP contribution in [0.4, 0.5) is 5.69 Å². The lowest BCUT2D eigenvalue weighted by Gasteiger charge is -2.42. The molecular formula is C24H25N3O3S. The van der Waals surface area contributed by atoms with Crippen LogP contribution in [-0.2, 0) is 0 Å². The molecule has 0 saturated heterocycles. The van der Waals surface area contributed by atoms with E-state index in [0.29, 0.717) is 16.1 Å². The van der Waals surface area contributed by atoms with Gasteiger partial charge in [0.1, 0.15) is 21.1 Å². The molecule has 1 aliphatic heterocycles. The highest BCUT2D eigenvalue weighted by Crippen LogP contribution is 2.47. The molecule has 0 radical (unpaired) electrons. The molecule has 0 unspecified atom stereocenters. The minimum Gasteiger partial charge on any atom is -0.497 e. The quantitative estimate of drug-likeness (QED) is 0.546. The van der Waals surface area contributed by atoms with Crippen LogP contribution in [0.15, 0.2) is 24.3 Å². The molecule has 1 spiro atoms. The molecule has 3 aromatic rings. The van der Waals surface area contributed by atoms with Crippen molar-refractivity contribution in [3.05, 3.63) is 40.4 Å². The number of ether oxygens (including phenoxy) is 1. The summed E-state index contributed by atoms with van der Waals surface area (Å²) in [6, 6.07) is 7.70. The molecule has 7 heteroatoms. The van der Waals surface area contributed by atoms with E-state index >= 15 is 0 Å². The number of carbonyl (C=O) groups excluding carboxylic acids is 2.